The van der Waals surface area contributed by atoms with Crippen molar-refractivity contribution in [2.75, 3.05) is 0 Å². The average Bonchev–Trinajstić information content (AvgIpc) is 2.82. The van der Waals surface area contributed by atoms with E-state index in [9.17, 15) is 13.2 Å². The molecule has 0 aromatic heterocycles. The lowest BCUT2D eigenvalue weighted by molar-refractivity contribution is -0.173. The maximum atomic E-state index is 14.0. The van der Waals surface area contributed by atoms with Crippen LogP contribution in [0, 0.1) is 55.4 Å². The number of ether oxygens (including phenoxy) is 1. The summed E-state index contributed by atoms with van der Waals surface area (Å²) in [5.74, 6) is 1.80. The summed E-state index contributed by atoms with van der Waals surface area (Å²) in [7, 11) is 0. The van der Waals surface area contributed by atoms with Crippen molar-refractivity contribution in [3.8, 4) is 11.5 Å². The van der Waals surface area contributed by atoms with Gasteiger partial charge in [-0.1, -0.05) is 70.8 Å². The van der Waals surface area contributed by atoms with Gasteiger partial charge in [0.2, 0.25) is 0 Å². The van der Waals surface area contributed by atoms with E-state index in [-0.39, 0.29) is 0 Å². The minimum absolute atomic E-state index is 0.294. The Morgan fingerprint density at radius 3 is 1.08 bits per heavy atom. The largest absolute Gasteiger partial charge is 0.457 e. The molecule has 0 saturated heterocycles. The molecule has 206 valence electrons. The van der Waals surface area contributed by atoms with Gasteiger partial charge in [-0.2, -0.15) is 13.2 Å². The van der Waals surface area contributed by atoms with Gasteiger partial charge in [0.15, 0.2) is 0 Å². The van der Waals surface area contributed by atoms with Crippen LogP contribution < -0.4 is 4.74 Å². The zero-order valence-corrected chi connectivity index (χ0v) is 24.5. The highest BCUT2D eigenvalue weighted by Gasteiger charge is 2.53. The highest BCUT2D eigenvalue weighted by Crippen LogP contribution is 2.47. The summed E-state index contributed by atoms with van der Waals surface area (Å²) in [6, 6.07) is 22.7. The maximum absolute atomic E-state index is 14.0. The van der Waals surface area contributed by atoms with Crippen LogP contribution in [0.5, 0.6) is 11.5 Å². The first kappa shape index (κ1) is 30.0. The maximum Gasteiger partial charge on any atom is 0.402 e. The standard InChI is InChI=1S/C19H21F3.C16H18O/c1-12-6-13(2)9-16(8-12)18(5,19(20,21)22)17-10-14(3)7-15(4)11-17;1-11-5-7-15(9-13(11)3)17-16-8-6-12(2)14(4)10-16/h6-11H,1-5H3;5-10H,1-4H3. The number of hydrogen-bond donors (Lipinski definition) is 0. The highest BCUT2D eigenvalue weighted by molar-refractivity contribution is 5.46. The minimum Gasteiger partial charge on any atom is -0.457 e. The predicted molar refractivity (Wildman–Crippen MR) is 156 cm³/mol. The molecule has 0 N–H and O–H groups in total. The van der Waals surface area contributed by atoms with E-state index >= 15 is 0 Å². The second-order valence-corrected chi connectivity index (χ2v) is 11.0. The number of aryl methyl sites for hydroxylation is 8. The van der Waals surface area contributed by atoms with Gasteiger partial charge < -0.3 is 4.74 Å². The Labute approximate surface area is 231 Å². The molecule has 0 amide bonds. The zero-order valence-electron chi connectivity index (χ0n) is 24.5. The number of benzene rings is 4. The average molecular weight is 533 g/mol. The van der Waals surface area contributed by atoms with Gasteiger partial charge in [-0.3, -0.25) is 0 Å². The normalized spacial score (nSPS) is 11.6. The summed E-state index contributed by atoms with van der Waals surface area (Å²) in [4.78, 5) is 0. The summed E-state index contributed by atoms with van der Waals surface area (Å²) < 4.78 is 47.9. The van der Waals surface area contributed by atoms with Crippen molar-refractivity contribution >= 4 is 0 Å². The van der Waals surface area contributed by atoms with Crippen molar-refractivity contribution in [1.82, 2.24) is 0 Å². The number of hydrogen-bond acceptors (Lipinski definition) is 1. The fourth-order valence-corrected chi connectivity index (χ4v) is 4.71. The van der Waals surface area contributed by atoms with Gasteiger partial charge in [0.1, 0.15) is 16.9 Å². The molecule has 1 nitrogen and oxygen atoms in total. The molecule has 0 fully saturated rings. The zero-order chi connectivity index (χ0) is 29.1. The molecule has 4 aromatic carbocycles. The van der Waals surface area contributed by atoms with Gasteiger partial charge in [-0.15, -0.1) is 0 Å². The van der Waals surface area contributed by atoms with Crippen LogP contribution in [0.25, 0.3) is 0 Å². The van der Waals surface area contributed by atoms with E-state index in [1.807, 2.05) is 52.0 Å². The van der Waals surface area contributed by atoms with E-state index < -0.39 is 11.6 Å². The van der Waals surface area contributed by atoms with Crippen LogP contribution in [-0.4, -0.2) is 6.18 Å². The third-order valence-electron chi connectivity index (χ3n) is 7.36. The molecule has 4 rings (SSSR count). The van der Waals surface area contributed by atoms with E-state index in [0.717, 1.165) is 33.8 Å². The van der Waals surface area contributed by atoms with E-state index in [0.29, 0.717) is 11.1 Å². The van der Waals surface area contributed by atoms with Crippen LogP contribution in [-0.2, 0) is 5.41 Å². The summed E-state index contributed by atoms with van der Waals surface area (Å²) in [5, 5.41) is 0. The van der Waals surface area contributed by atoms with Gasteiger partial charge in [-0.25, -0.2) is 0 Å². The van der Waals surface area contributed by atoms with E-state index in [1.54, 1.807) is 24.3 Å². The lowest BCUT2D eigenvalue weighted by Crippen LogP contribution is -2.40. The Balaban J connectivity index is 0.000000223. The molecule has 39 heavy (non-hydrogen) atoms. The van der Waals surface area contributed by atoms with Crippen LogP contribution in [0.2, 0.25) is 0 Å². The van der Waals surface area contributed by atoms with Crippen molar-refractivity contribution < 1.29 is 17.9 Å². The van der Waals surface area contributed by atoms with E-state index in [1.165, 1.54) is 29.2 Å². The Hall–Kier alpha value is -3.53. The number of halogens is 3. The predicted octanol–water partition coefficient (Wildman–Crippen LogP) is 10.5. The van der Waals surface area contributed by atoms with Crippen molar-refractivity contribution in [1.29, 1.82) is 0 Å². The van der Waals surface area contributed by atoms with Crippen LogP contribution in [0.15, 0.2) is 72.8 Å². The number of rotatable bonds is 4. The quantitative estimate of drug-likeness (QED) is 0.254. The van der Waals surface area contributed by atoms with E-state index in [2.05, 4.69) is 52.0 Å². The monoisotopic (exact) mass is 532 g/mol. The molecular formula is C35H39F3O. The lowest BCUT2D eigenvalue weighted by atomic mass is 9.74. The van der Waals surface area contributed by atoms with Gasteiger partial charge in [-0.05, 0) is 120 Å². The third-order valence-corrected chi connectivity index (χ3v) is 7.36. The summed E-state index contributed by atoms with van der Waals surface area (Å²) in [6.07, 6.45) is -4.37. The molecule has 0 radical (unpaired) electrons. The molecule has 0 spiro atoms. The molecule has 0 unspecified atom stereocenters. The van der Waals surface area contributed by atoms with E-state index in [4.69, 9.17) is 4.74 Å². The fourth-order valence-electron chi connectivity index (χ4n) is 4.71. The first-order valence-corrected chi connectivity index (χ1v) is 13.2. The van der Waals surface area contributed by atoms with Gasteiger partial charge >= 0.3 is 6.18 Å². The van der Waals surface area contributed by atoms with Crippen LogP contribution >= 0.6 is 0 Å². The Bertz CT molecular complexity index is 1320. The second-order valence-electron chi connectivity index (χ2n) is 11.0. The topological polar surface area (TPSA) is 9.23 Å². The summed E-state index contributed by atoms with van der Waals surface area (Å²) >= 11 is 0. The van der Waals surface area contributed by atoms with Gasteiger partial charge in [0.05, 0.1) is 0 Å². The molecule has 0 aliphatic heterocycles. The van der Waals surface area contributed by atoms with Crippen molar-refractivity contribution in [2.24, 2.45) is 0 Å². The molecule has 4 heteroatoms. The first-order chi connectivity index (χ1) is 18.1. The molecule has 0 heterocycles. The van der Waals surface area contributed by atoms with Crippen LogP contribution in [0.3, 0.4) is 0 Å². The Kier molecular flexibility index (Phi) is 9.00. The molecule has 0 bridgehead atoms. The van der Waals surface area contributed by atoms with Crippen molar-refractivity contribution in [3.05, 3.63) is 128 Å². The van der Waals surface area contributed by atoms with Gasteiger partial charge in [0.25, 0.3) is 0 Å². The van der Waals surface area contributed by atoms with Crippen molar-refractivity contribution in [2.45, 2.75) is 73.9 Å². The molecule has 0 aliphatic rings. The molecular weight excluding hydrogens is 493 g/mol. The second kappa shape index (κ2) is 11.7. The summed E-state index contributed by atoms with van der Waals surface area (Å²) in [6.45, 7) is 17.0. The molecule has 0 aliphatic carbocycles. The van der Waals surface area contributed by atoms with Crippen LogP contribution in [0.1, 0.15) is 62.6 Å². The first-order valence-electron chi connectivity index (χ1n) is 13.2. The molecule has 4 aromatic rings. The lowest BCUT2D eigenvalue weighted by Gasteiger charge is -2.34. The number of alkyl halides is 3. The fraction of sp³-hybridized carbons (Fsp3) is 0.314. The van der Waals surface area contributed by atoms with Crippen LogP contribution in [0.4, 0.5) is 13.2 Å². The molecule has 0 saturated carbocycles. The van der Waals surface area contributed by atoms with Crippen molar-refractivity contribution in [3.63, 3.8) is 0 Å². The SMILES string of the molecule is Cc1cc(C)cc(C(C)(c2cc(C)cc(C)c2)C(F)(F)F)c1.Cc1ccc(Oc2ccc(C)c(C)c2)cc1C. The molecule has 0 atom stereocenters. The summed E-state index contributed by atoms with van der Waals surface area (Å²) in [5.41, 5.74) is 7.03. The Morgan fingerprint density at radius 2 is 0.795 bits per heavy atom. The minimum atomic E-state index is -4.37. The third kappa shape index (κ3) is 7.11. The Morgan fingerprint density at radius 1 is 0.462 bits per heavy atom. The smallest absolute Gasteiger partial charge is 0.402 e. The highest BCUT2D eigenvalue weighted by atomic mass is 19.4. The van der Waals surface area contributed by atoms with Gasteiger partial charge in [0, 0.05) is 0 Å².